The Balaban J connectivity index is 2.66. The Morgan fingerprint density at radius 3 is 2.26 bits per heavy atom. The van der Waals surface area contributed by atoms with Crippen molar-refractivity contribution in [2.45, 2.75) is 24.6 Å². The fraction of sp³-hybridized carbons (Fsp3) is 0.333. The first kappa shape index (κ1) is 18.9. The minimum absolute atomic E-state index is 0.183. The predicted octanol–water partition coefficient (Wildman–Crippen LogP) is 0.413. The van der Waals surface area contributed by atoms with Crippen LogP contribution in [-0.4, -0.2) is 31.8 Å². The van der Waals surface area contributed by atoms with Crippen LogP contribution in [0, 0.1) is 0 Å². The fourth-order valence-electron chi connectivity index (χ4n) is 1.42. The van der Waals surface area contributed by atoms with Crippen molar-refractivity contribution in [3.63, 3.8) is 0 Å². The van der Waals surface area contributed by atoms with E-state index in [9.17, 15) is 31.2 Å². The minimum atomic E-state index is -5.81. The molecule has 23 heavy (non-hydrogen) atoms. The predicted molar refractivity (Wildman–Crippen MR) is 71.9 cm³/mol. The molecule has 1 aromatic carbocycles. The molecule has 7 nitrogen and oxygen atoms in total. The lowest BCUT2D eigenvalue weighted by molar-refractivity contribution is -0.146. The third-order valence-corrected chi connectivity index (χ3v) is 3.76. The van der Waals surface area contributed by atoms with Crippen LogP contribution >= 0.6 is 0 Å². The van der Waals surface area contributed by atoms with E-state index in [0.717, 1.165) is 4.72 Å². The van der Waals surface area contributed by atoms with Gasteiger partial charge >= 0.3 is 21.5 Å². The quantitative estimate of drug-likeness (QED) is 0.688. The van der Waals surface area contributed by atoms with Gasteiger partial charge in [-0.05, 0) is 5.56 Å². The second-order valence-electron chi connectivity index (χ2n) is 4.37. The largest absolute Gasteiger partial charge is 0.511 e. The van der Waals surface area contributed by atoms with Gasteiger partial charge in [0.1, 0.15) is 12.6 Å². The molecule has 0 bridgehead atoms. The van der Waals surface area contributed by atoms with Gasteiger partial charge in [-0.3, -0.25) is 9.59 Å². The molecular weight excluding hydrogens is 341 g/mol. The van der Waals surface area contributed by atoms with Gasteiger partial charge < -0.3 is 10.5 Å². The summed E-state index contributed by atoms with van der Waals surface area (Å²) >= 11 is 0. The lowest BCUT2D eigenvalue weighted by atomic mass is 10.2. The molecule has 11 heteroatoms. The first-order valence-corrected chi connectivity index (χ1v) is 7.58. The number of ether oxygens (including phenoxy) is 1. The highest BCUT2D eigenvalue weighted by atomic mass is 32.2. The number of nitrogens with two attached hydrogens (primary N) is 1. The Labute approximate surface area is 129 Å². The van der Waals surface area contributed by atoms with Gasteiger partial charge in [-0.2, -0.15) is 17.9 Å². The molecule has 0 saturated heterocycles. The molecule has 0 aliphatic rings. The summed E-state index contributed by atoms with van der Waals surface area (Å²) in [5.74, 6) is -2.52. The van der Waals surface area contributed by atoms with Gasteiger partial charge in [0.25, 0.3) is 0 Å². The highest BCUT2D eigenvalue weighted by Gasteiger charge is 2.47. The molecule has 1 amide bonds. The van der Waals surface area contributed by atoms with Crippen LogP contribution in [0.3, 0.4) is 0 Å². The summed E-state index contributed by atoms with van der Waals surface area (Å²) < 4.78 is 64.4. The van der Waals surface area contributed by atoms with Crippen molar-refractivity contribution in [3.05, 3.63) is 35.9 Å². The van der Waals surface area contributed by atoms with Crippen molar-refractivity contribution < 1.29 is 35.9 Å². The Hall–Kier alpha value is -2.14. The summed E-state index contributed by atoms with van der Waals surface area (Å²) in [5.41, 5.74) is -0.225. The molecule has 0 fully saturated rings. The van der Waals surface area contributed by atoms with E-state index in [1.165, 1.54) is 0 Å². The molecule has 128 valence electrons. The third-order valence-electron chi connectivity index (χ3n) is 2.56. The number of rotatable bonds is 7. The monoisotopic (exact) mass is 354 g/mol. The normalized spacial score (nSPS) is 13.3. The molecule has 1 unspecified atom stereocenters. The van der Waals surface area contributed by atoms with Gasteiger partial charge in [0.05, 0.1) is 6.42 Å². The summed E-state index contributed by atoms with van der Waals surface area (Å²) in [5, 5.41) is 0. The number of amides is 1. The average molecular weight is 354 g/mol. The van der Waals surface area contributed by atoms with Crippen LogP contribution in [-0.2, 0) is 31.0 Å². The molecule has 0 spiro atoms. The van der Waals surface area contributed by atoms with Crippen LogP contribution in [0.5, 0.6) is 0 Å². The average Bonchev–Trinajstić information content (AvgIpc) is 2.44. The van der Waals surface area contributed by atoms with E-state index in [1.807, 2.05) is 0 Å². The zero-order chi connectivity index (χ0) is 17.7. The van der Waals surface area contributed by atoms with Crippen LogP contribution in [0.4, 0.5) is 13.2 Å². The molecule has 0 aliphatic heterocycles. The van der Waals surface area contributed by atoms with Gasteiger partial charge in [-0.25, -0.2) is 8.42 Å². The number of nitrogens with one attached hydrogen (secondary N) is 1. The van der Waals surface area contributed by atoms with Gasteiger partial charge in [0, 0.05) is 0 Å². The molecule has 1 rings (SSSR count). The van der Waals surface area contributed by atoms with Gasteiger partial charge in [0.2, 0.25) is 5.91 Å². The lowest BCUT2D eigenvalue weighted by Gasteiger charge is -2.16. The zero-order valence-electron chi connectivity index (χ0n) is 11.5. The maximum absolute atomic E-state index is 12.2. The van der Waals surface area contributed by atoms with E-state index in [1.54, 1.807) is 30.3 Å². The maximum Gasteiger partial charge on any atom is 0.511 e. The molecule has 0 radical (unpaired) electrons. The molecule has 3 N–H and O–H groups in total. The molecule has 0 aliphatic carbocycles. The summed E-state index contributed by atoms with van der Waals surface area (Å²) in [6.07, 6.45) is -0.961. The van der Waals surface area contributed by atoms with Crippen molar-refractivity contribution in [2.75, 3.05) is 0 Å². The first-order chi connectivity index (χ1) is 10.5. The number of carbonyl (C=O) groups is 2. The number of alkyl halides is 3. The van der Waals surface area contributed by atoms with E-state index in [-0.39, 0.29) is 6.61 Å². The number of carbonyl (C=O) groups excluding carboxylic acids is 2. The van der Waals surface area contributed by atoms with E-state index in [0.29, 0.717) is 5.56 Å². The first-order valence-electron chi connectivity index (χ1n) is 6.10. The molecule has 1 atom stereocenters. The van der Waals surface area contributed by atoms with Crippen molar-refractivity contribution in [1.29, 1.82) is 0 Å². The van der Waals surface area contributed by atoms with E-state index < -0.39 is 39.9 Å². The fourth-order valence-corrected chi connectivity index (χ4v) is 2.13. The summed E-state index contributed by atoms with van der Waals surface area (Å²) in [4.78, 5) is 22.6. The van der Waals surface area contributed by atoms with E-state index >= 15 is 0 Å². The standard InChI is InChI=1S/C12H13F3N2O5S/c13-12(14,15)23(20,21)17-9(11(16)19)6-10(18)22-7-8-4-2-1-3-5-8/h1-5,9,17H,6-7H2,(H2,16,19). The Morgan fingerprint density at radius 1 is 1.22 bits per heavy atom. The van der Waals surface area contributed by atoms with E-state index in [2.05, 4.69) is 0 Å². The van der Waals surface area contributed by atoms with Crippen LogP contribution < -0.4 is 10.5 Å². The molecule has 0 saturated carbocycles. The second kappa shape index (κ2) is 7.42. The summed E-state index contributed by atoms with van der Waals surface area (Å²) in [6.45, 7) is -0.183. The Morgan fingerprint density at radius 2 is 1.78 bits per heavy atom. The Bertz CT molecular complexity index is 661. The molecular formula is C12H13F3N2O5S. The second-order valence-corrected chi connectivity index (χ2v) is 6.08. The van der Waals surface area contributed by atoms with Crippen molar-refractivity contribution in [1.82, 2.24) is 4.72 Å². The smallest absolute Gasteiger partial charge is 0.461 e. The number of benzene rings is 1. The number of hydrogen-bond acceptors (Lipinski definition) is 5. The maximum atomic E-state index is 12.2. The van der Waals surface area contributed by atoms with Crippen molar-refractivity contribution in [2.24, 2.45) is 5.73 Å². The highest BCUT2D eigenvalue weighted by molar-refractivity contribution is 7.90. The molecule has 1 aromatic rings. The zero-order valence-corrected chi connectivity index (χ0v) is 12.4. The summed E-state index contributed by atoms with van der Waals surface area (Å²) in [6, 6.07) is 6.26. The van der Waals surface area contributed by atoms with Gasteiger partial charge in [-0.1, -0.05) is 30.3 Å². The van der Waals surface area contributed by atoms with Crippen LogP contribution in [0.1, 0.15) is 12.0 Å². The number of sulfonamides is 1. The lowest BCUT2D eigenvalue weighted by Crippen LogP contribution is -2.49. The Kier molecular flexibility index (Phi) is 6.10. The van der Waals surface area contributed by atoms with Crippen LogP contribution in [0.25, 0.3) is 0 Å². The van der Waals surface area contributed by atoms with Crippen molar-refractivity contribution >= 4 is 21.9 Å². The molecule has 0 heterocycles. The number of halogens is 3. The van der Waals surface area contributed by atoms with Crippen molar-refractivity contribution in [3.8, 4) is 0 Å². The SMILES string of the molecule is NC(=O)C(CC(=O)OCc1ccccc1)NS(=O)(=O)C(F)(F)F. The molecule has 0 aromatic heterocycles. The van der Waals surface area contributed by atoms with Crippen LogP contribution in [0.2, 0.25) is 0 Å². The van der Waals surface area contributed by atoms with Crippen LogP contribution in [0.15, 0.2) is 30.3 Å². The minimum Gasteiger partial charge on any atom is -0.461 e. The topological polar surface area (TPSA) is 116 Å². The number of hydrogen-bond donors (Lipinski definition) is 2. The summed E-state index contributed by atoms with van der Waals surface area (Å²) in [7, 11) is -5.81. The van der Waals surface area contributed by atoms with Gasteiger partial charge in [-0.15, -0.1) is 0 Å². The number of esters is 1. The number of primary amides is 1. The van der Waals surface area contributed by atoms with Gasteiger partial charge in [0.15, 0.2) is 0 Å². The third kappa shape index (κ3) is 5.87. The highest BCUT2D eigenvalue weighted by Crippen LogP contribution is 2.22. The van der Waals surface area contributed by atoms with E-state index in [4.69, 9.17) is 10.5 Å².